The molecule has 142 valence electrons. The van der Waals surface area contributed by atoms with Crippen LogP contribution < -0.4 is 4.74 Å². The third kappa shape index (κ3) is 3.70. The van der Waals surface area contributed by atoms with Gasteiger partial charge in [0.05, 0.1) is 31.6 Å². The van der Waals surface area contributed by atoms with Crippen LogP contribution in [0.15, 0.2) is 61.1 Å². The quantitative estimate of drug-likeness (QED) is 0.697. The molecule has 4 rings (SSSR count). The Labute approximate surface area is 163 Å². The molecule has 1 amide bonds. The van der Waals surface area contributed by atoms with Crippen molar-refractivity contribution in [3.63, 3.8) is 0 Å². The molecule has 3 heterocycles. The van der Waals surface area contributed by atoms with Crippen LogP contribution >= 0.6 is 0 Å². The van der Waals surface area contributed by atoms with Crippen LogP contribution in [0.1, 0.15) is 22.3 Å². The molecule has 7 heteroatoms. The number of morpholine rings is 1. The van der Waals surface area contributed by atoms with Gasteiger partial charge in [-0.25, -0.2) is 0 Å². The summed E-state index contributed by atoms with van der Waals surface area (Å²) in [6, 6.07) is 13.0. The number of carbonyl (C=O) groups excluding carboxylic acids is 1. The van der Waals surface area contributed by atoms with Gasteiger partial charge in [-0.2, -0.15) is 0 Å². The molecule has 28 heavy (non-hydrogen) atoms. The van der Waals surface area contributed by atoms with Crippen molar-refractivity contribution in [3.05, 3.63) is 72.4 Å². The Kier molecular flexibility index (Phi) is 5.25. The van der Waals surface area contributed by atoms with Crippen LogP contribution in [-0.4, -0.2) is 52.6 Å². The zero-order chi connectivity index (χ0) is 19.3. The number of benzene rings is 1. The molecule has 2 aromatic heterocycles. The smallest absolute Gasteiger partial charge is 0.272 e. The first-order valence-corrected chi connectivity index (χ1v) is 9.03. The van der Waals surface area contributed by atoms with Gasteiger partial charge in [0.25, 0.3) is 5.91 Å². The maximum absolute atomic E-state index is 12.8. The molecule has 0 N–H and O–H groups in total. The number of ether oxygens (including phenoxy) is 2. The lowest BCUT2D eigenvalue weighted by Gasteiger charge is -2.33. The lowest BCUT2D eigenvalue weighted by Crippen LogP contribution is -2.42. The van der Waals surface area contributed by atoms with E-state index in [2.05, 4.69) is 15.0 Å². The van der Waals surface area contributed by atoms with E-state index < -0.39 is 0 Å². The van der Waals surface area contributed by atoms with Gasteiger partial charge >= 0.3 is 0 Å². The minimum atomic E-state index is -0.365. The average Bonchev–Trinajstić information content (AvgIpc) is 2.79. The SMILES string of the molecule is COc1cccc(-c2nccnc2C2CN(C(=O)c3ccccn3)CCO2)c1. The molecule has 0 aliphatic carbocycles. The Morgan fingerprint density at radius 1 is 1.11 bits per heavy atom. The Balaban J connectivity index is 1.62. The number of carbonyl (C=O) groups is 1. The standard InChI is InChI=1S/C21H20N4O3/c1-27-16-6-4-5-15(13-16)19-20(24-10-9-23-19)18-14-25(11-12-28-18)21(26)17-7-2-3-8-22-17/h2-10,13,18H,11-12,14H2,1H3. The maximum atomic E-state index is 12.8. The first-order valence-electron chi connectivity index (χ1n) is 9.03. The van der Waals surface area contributed by atoms with Crippen LogP contribution in [0.5, 0.6) is 5.75 Å². The van der Waals surface area contributed by atoms with Crippen LogP contribution in [0.2, 0.25) is 0 Å². The van der Waals surface area contributed by atoms with Gasteiger partial charge in [0.15, 0.2) is 0 Å². The maximum Gasteiger partial charge on any atom is 0.272 e. The highest BCUT2D eigenvalue weighted by Crippen LogP contribution is 2.30. The molecule has 3 aromatic rings. The van der Waals surface area contributed by atoms with Gasteiger partial charge in [0, 0.05) is 30.7 Å². The van der Waals surface area contributed by atoms with E-state index >= 15 is 0 Å². The number of pyridine rings is 1. The average molecular weight is 376 g/mol. The van der Waals surface area contributed by atoms with E-state index in [9.17, 15) is 4.79 Å². The van der Waals surface area contributed by atoms with Crippen LogP contribution in [0.4, 0.5) is 0 Å². The molecule has 1 saturated heterocycles. The predicted molar refractivity (Wildman–Crippen MR) is 103 cm³/mol. The van der Waals surface area contributed by atoms with Crippen molar-refractivity contribution in [2.45, 2.75) is 6.10 Å². The van der Waals surface area contributed by atoms with E-state index in [0.717, 1.165) is 17.0 Å². The van der Waals surface area contributed by atoms with Crippen LogP contribution in [0.25, 0.3) is 11.3 Å². The predicted octanol–water partition coefficient (Wildman–Crippen LogP) is 2.76. The molecule has 0 spiro atoms. The minimum Gasteiger partial charge on any atom is -0.497 e. The summed E-state index contributed by atoms with van der Waals surface area (Å²) in [5.41, 5.74) is 2.74. The van der Waals surface area contributed by atoms with Crippen molar-refractivity contribution >= 4 is 5.91 Å². The number of aromatic nitrogens is 3. The van der Waals surface area contributed by atoms with Crippen molar-refractivity contribution < 1.29 is 14.3 Å². The van der Waals surface area contributed by atoms with Crippen molar-refractivity contribution in [3.8, 4) is 17.0 Å². The number of amides is 1. The zero-order valence-corrected chi connectivity index (χ0v) is 15.5. The van der Waals surface area contributed by atoms with E-state index in [1.807, 2.05) is 30.3 Å². The second kappa shape index (κ2) is 8.14. The van der Waals surface area contributed by atoms with Gasteiger partial charge < -0.3 is 14.4 Å². The van der Waals surface area contributed by atoms with Gasteiger partial charge in [-0.05, 0) is 24.3 Å². The summed E-state index contributed by atoms with van der Waals surface area (Å²) in [6.45, 7) is 1.34. The van der Waals surface area contributed by atoms with E-state index in [1.165, 1.54) is 0 Å². The monoisotopic (exact) mass is 376 g/mol. The normalized spacial score (nSPS) is 16.6. The molecule has 7 nitrogen and oxygen atoms in total. The number of hydrogen-bond acceptors (Lipinski definition) is 6. The molecule has 1 aliphatic rings. The summed E-state index contributed by atoms with van der Waals surface area (Å²) < 4.78 is 11.3. The third-order valence-corrected chi connectivity index (χ3v) is 4.61. The van der Waals surface area contributed by atoms with E-state index in [1.54, 1.807) is 42.7 Å². The van der Waals surface area contributed by atoms with Gasteiger partial charge in [0.2, 0.25) is 0 Å². The van der Waals surface area contributed by atoms with Crippen molar-refractivity contribution in [2.75, 3.05) is 26.8 Å². The van der Waals surface area contributed by atoms with E-state index in [4.69, 9.17) is 9.47 Å². The molecule has 1 unspecified atom stereocenters. The topological polar surface area (TPSA) is 77.4 Å². The van der Waals surface area contributed by atoms with E-state index in [0.29, 0.717) is 31.1 Å². The van der Waals surface area contributed by atoms with Crippen molar-refractivity contribution in [1.82, 2.24) is 19.9 Å². The second-order valence-electron chi connectivity index (χ2n) is 6.35. The first kappa shape index (κ1) is 18.1. The van der Waals surface area contributed by atoms with Crippen molar-refractivity contribution in [1.29, 1.82) is 0 Å². The van der Waals surface area contributed by atoms with Gasteiger partial charge in [-0.15, -0.1) is 0 Å². The highest BCUT2D eigenvalue weighted by Gasteiger charge is 2.29. The molecule has 1 atom stereocenters. The largest absolute Gasteiger partial charge is 0.497 e. The third-order valence-electron chi connectivity index (χ3n) is 4.61. The number of nitrogens with zero attached hydrogens (tertiary/aromatic N) is 4. The zero-order valence-electron chi connectivity index (χ0n) is 15.5. The highest BCUT2D eigenvalue weighted by molar-refractivity contribution is 5.92. The van der Waals surface area contributed by atoms with Gasteiger partial charge in [0.1, 0.15) is 17.5 Å². The van der Waals surface area contributed by atoms with Crippen LogP contribution in [0, 0.1) is 0 Å². The molecule has 1 fully saturated rings. The second-order valence-corrected chi connectivity index (χ2v) is 6.35. The highest BCUT2D eigenvalue weighted by atomic mass is 16.5. The molecular weight excluding hydrogens is 356 g/mol. The summed E-state index contributed by atoms with van der Waals surface area (Å²) >= 11 is 0. The summed E-state index contributed by atoms with van der Waals surface area (Å²) in [4.78, 5) is 27.7. The Morgan fingerprint density at radius 3 is 2.82 bits per heavy atom. The number of hydrogen-bond donors (Lipinski definition) is 0. The molecule has 0 bridgehead atoms. The number of rotatable bonds is 4. The Bertz CT molecular complexity index is 965. The van der Waals surface area contributed by atoms with Gasteiger partial charge in [-0.3, -0.25) is 19.7 Å². The molecule has 0 radical (unpaired) electrons. The molecular formula is C21H20N4O3. The first-order chi connectivity index (χ1) is 13.8. The summed E-state index contributed by atoms with van der Waals surface area (Å²) in [5.74, 6) is 0.631. The Hall–Kier alpha value is -3.32. The Morgan fingerprint density at radius 2 is 2.00 bits per heavy atom. The minimum absolute atomic E-state index is 0.110. The van der Waals surface area contributed by atoms with E-state index in [-0.39, 0.29) is 12.0 Å². The lowest BCUT2D eigenvalue weighted by atomic mass is 10.0. The fourth-order valence-electron chi connectivity index (χ4n) is 3.23. The molecule has 0 saturated carbocycles. The van der Waals surface area contributed by atoms with Crippen molar-refractivity contribution in [2.24, 2.45) is 0 Å². The van der Waals surface area contributed by atoms with Crippen LogP contribution in [-0.2, 0) is 4.74 Å². The van der Waals surface area contributed by atoms with Crippen LogP contribution in [0.3, 0.4) is 0 Å². The lowest BCUT2D eigenvalue weighted by molar-refractivity contribution is -0.0247. The fourth-order valence-corrected chi connectivity index (χ4v) is 3.23. The fraction of sp³-hybridized carbons (Fsp3) is 0.238. The van der Waals surface area contributed by atoms with Gasteiger partial charge in [-0.1, -0.05) is 18.2 Å². The summed E-state index contributed by atoms with van der Waals surface area (Å²) in [5, 5.41) is 0. The number of methoxy groups -OCH3 is 1. The summed E-state index contributed by atoms with van der Waals surface area (Å²) in [6.07, 6.45) is 4.55. The molecule has 1 aliphatic heterocycles. The molecule has 1 aromatic carbocycles. The summed E-state index contributed by atoms with van der Waals surface area (Å²) in [7, 11) is 1.63.